The number of quaternary nitrogens is 1. The smallest absolute Gasteiger partial charge is 0.279 e. The van der Waals surface area contributed by atoms with Gasteiger partial charge in [-0.2, -0.15) is 4.31 Å². The molecule has 2 N–H and O–H groups in total. The van der Waals surface area contributed by atoms with Gasteiger partial charge in [-0.3, -0.25) is 4.79 Å². The zero-order valence-electron chi connectivity index (χ0n) is 16.1. The number of sulfonamides is 1. The van der Waals surface area contributed by atoms with Crippen molar-refractivity contribution in [3.8, 4) is 0 Å². The van der Waals surface area contributed by atoms with E-state index in [1.807, 2.05) is 0 Å². The fourth-order valence-electron chi connectivity index (χ4n) is 3.93. The summed E-state index contributed by atoms with van der Waals surface area (Å²) < 4.78 is 32.7. The number of anilines is 1. The van der Waals surface area contributed by atoms with E-state index in [1.54, 1.807) is 28.6 Å². The average molecular weight is 397 g/mol. The number of rotatable bonds is 5. The molecule has 0 bridgehead atoms. The van der Waals surface area contributed by atoms with E-state index in [2.05, 4.69) is 19.2 Å². The van der Waals surface area contributed by atoms with Crippen LogP contribution in [0.25, 0.3) is 0 Å². The van der Waals surface area contributed by atoms with Crippen molar-refractivity contribution < 1.29 is 22.8 Å². The SMILES string of the molecule is C[C@@H]1C[C@@H](C)CN(S(=O)(=O)c2ccc(NC(=O)C[NH+]3CCOCC3)cc2)C1. The second-order valence-corrected chi connectivity index (χ2v) is 9.82. The number of carbonyl (C=O) groups is 1. The van der Waals surface area contributed by atoms with Crippen LogP contribution in [0.15, 0.2) is 29.2 Å². The summed E-state index contributed by atoms with van der Waals surface area (Å²) >= 11 is 0. The number of carbonyl (C=O) groups excluding carboxylic acids is 1. The third-order valence-corrected chi connectivity index (χ3v) is 7.07. The monoisotopic (exact) mass is 396 g/mol. The van der Waals surface area contributed by atoms with Gasteiger partial charge in [0, 0.05) is 18.8 Å². The quantitative estimate of drug-likeness (QED) is 0.746. The summed E-state index contributed by atoms with van der Waals surface area (Å²) in [6.45, 7) is 8.73. The fraction of sp³-hybridized carbons (Fsp3) is 0.632. The maximum Gasteiger partial charge on any atom is 0.279 e. The van der Waals surface area contributed by atoms with E-state index in [0.717, 1.165) is 19.5 Å². The first-order chi connectivity index (χ1) is 12.8. The molecule has 2 atom stereocenters. The summed E-state index contributed by atoms with van der Waals surface area (Å²) in [7, 11) is -3.49. The minimum Gasteiger partial charge on any atom is -0.370 e. The zero-order valence-corrected chi connectivity index (χ0v) is 16.9. The van der Waals surface area contributed by atoms with E-state index >= 15 is 0 Å². The van der Waals surface area contributed by atoms with E-state index in [0.29, 0.717) is 50.4 Å². The van der Waals surface area contributed by atoms with Crippen molar-refractivity contribution in [2.45, 2.75) is 25.2 Å². The summed E-state index contributed by atoms with van der Waals surface area (Å²) in [6.07, 6.45) is 1.06. The van der Waals surface area contributed by atoms with Crippen LogP contribution >= 0.6 is 0 Å². The van der Waals surface area contributed by atoms with Crippen molar-refractivity contribution in [2.24, 2.45) is 11.8 Å². The fourth-order valence-corrected chi connectivity index (χ4v) is 5.61. The molecule has 0 spiro atoms. The molecule has 0 aromatic heterocycles. The molecule has 2 aliphatic rings. The van der Waals surface area contributed by atoms with Gasteiger partial charge >= 0.3 is 0 Å². The molecule has 150 valence electrons. The number of benzene rings is 1. The molecule has 1 aromatic carbocycles. The minimum atomic E-state index is -3.49. The van der Waals surface area contributed by atoms with E-state index in [1.165, 1.54) is 4.90 Å². The average Bonchev–Trinajstić information content (AvgIpc) is 2.62. The molecular formula is C19H30N3O4S+. The van der Waals surface area contributed by atoms with Crippen LogP contribution in [0, 0.1) is 11.8 Å². The first-order valence-corrected chi connectivity index (χ1v) is 11.1. The van der Waals surface area contributed by atoms with Gasteiger partial charge in [0.1, 0.15) is 13.1 Å². The minimum absolute atomic E-state index is 0.0683. The molecule has 2 aliphatic heterocycles. The number of hydrogen-bond donors (Lipinski definition) is 2. The highest BCUT2D eigenvalue weighted by Crippen LogP contribution is 2.27. The Hall–Kier alpha value is -1.48. The molecule has 8 heteroatoms. The summed E-state index contributed by atoms with van der Waals surface area (Å²) in [4.78, 5) is 13.7. The first kappa shape index (κ1) is 20.3. The lowest BCUT2D eigenvalue weighted by molar-refractivity contribution is -0.899. The second kappa shape index (κ2) is 8.68. The number of ether oxygens (including phenoxy) is 1. The number of nitrogens with zero attached hydrogens (tertiary/aromatic N) is 1. The highest BCUT2D eigenvalue weighted by Gasteiger charge is 2.31. The molecule has 2 heterocycles. The van der Waals surface area contributed by atoms with Gasteiger partial charge in [0.25, 0.3) is 5.91 Å². The third-order valence-electron chi connectivity index (χ3n) is 5.22. The summed E-state index contributed by atoms with van der Waals surface area (Å²) in [5.74, 6) is 0.663. The highest BCUT2D eigenvalue weighted by atomic mass is 32.2. The molecule has 0 saturated carbocycles. The van der Waals surface area contributed by atoms with Gasteiger partial charge in [-0.05, 0) is 42.5 Å². The predicted octanol–water partition coefficient (Wildman–Crippen LogP) is 0.207. The second-order valence-electron chi connectivity index (χ2n) is 7.88. The largest absolute Gasteiger partial charge is 0.370 e. The molecule has 1 aromatic rings. The Balaban J connectivity index is 1.61. The van der Waals surface area contributed by atoms with Crippen LogP contribution in [0.5, 0.6) is 0 Å². The Bertz CT molecular complexity index is 735. The van der Waals surface area contributed by atoms with Gasteiger partial charge < -0.3 is 15.0 Å². The van der Waals surface area contributed by atoms with Crippen LogP contribution in [0.1, 0.15) is 20.3 Å². The molecular weight excluding hydrogens is 366 g/mol. The third kappa shape index (κ3) is 5.28. The maximum absolute atomic E-state index is 12.9. The number of nitrogens with one attached hydrogen (secondary N) is 2. The summed E-state index contributed by atoms with van der Waals surface area (Å²) in [5.41, 5.74) is 0.618. The van der Waals surface area contributed by atoms with Crippen molar-refractivity contribution in [3.63, 3.8) is 0 Å². The van der Waals surface area contributed by atoms with E-state index in [9.17, 15) is 13.2 Å². The number of amides is 1. The Morgan fingerprint density at radius 3 is 2.33 bits per heavy atom. The molecule has 1 amide bonds. The number of morpholine rings is 1. The van der Waals surface area contributed by atoms with Crippen LogP contribution in [0.3, 0.4) is 0 Å². The van der Waals surface area contributed by atoms with Crippen molar-refractivity contribution in [1.29, 1.82) is 0 Å². The molecule has 0 radical (unpaired) electrons. The maximum atomic E-state index is 12.9. The molecule has 0 aliphatic carbocycles. The van der Waals surface area contributed by atoms with Crippen LogP contribution in [0.4, 0.5) is 5.69 Å². The lowest BCUT2D eigenvalue weighted by Gasteiger charge is -2.34. The van der Waals surface area contributed by atoms with Crippen LogP contribution in [0.2, 0.25) is 0 Å². The molecule has 3 rings (SSSR count). The molecule has 27 heavy (non-hydrogen) atoms. The lowest BCUT2D eigenvalue weighted by Crippen LogP contribution is -3.15. The van der Waals surface area contributed by atoms with Crippen LogP contribution < -0.4 is 10.2 Å². The highest BCUT2D eigenvalue weighted by molar-refractivity contribution is 7.89. The van der Waals surface area contributed by atoms with Crippen molar-refractivity contribution >= 4 is 21.6 Å². The summed E-state index contributed by atoms with van der Waals surface area (Å²) in [5, 5.41) is 2.85. The molecule has 2 saturated heterocycles. The van der Waals surface area contributed by atoms with Gasteiger partial charge in [0.15, 0.2) is 6.54 Å². The first-order valence-electron chi connectivity index (χ1n) is 9.66. The van der Waals surface area contributed by atoms with Crippen molar-refractivity contribution in [1.82, 2.24) is 4.31 Å². The van der Waals surface area contributed by atoms with Crippen molar-refractivity contribution in [3.05, 3.63) is 24.3 Å². The van der Waals surface area contributed by atoms with Gasteiger partial charge in [-0.1, -0.05) is 13.8 Å². The Labute approximate surface area is 161 Å². The Morgan fingerprint density at radius 1 is 1.15 bits per heavy atom. The summed E-state index contributed by atoms with van der Waals surface area (Å²) in [6, 6.07) is 6.49. The number of hydrogen-bond acceptors (Lipinski definition) is 4. The Morgan fingerprint density at radius 2 is 1.74 bits per heavy atom. The van der Waals surface area contributed by atoms with Crippen molar-refractivity contribution in [2.75, 3.05) is 51.3 Å². The van der Waals surface area contributed by atoms with Crippen LogP contribution in [-0.2, 0) is 19.6 Å². The van der Waals surface area contributed by atoms with Gasteiger partial charge in [-0.15, -0.1) is 0 Å². The topological polar surface area (TPSA) is 80.2 Å². The van der Waals surface area contributed by atoms with Crippen LogP contribution in [-0.4, -0.2) is 64.6 Å². The van der Waals surface area contributed by atoms with Gasteiger partial charge in [0.2, 0.25) is 10.0 Å². The van der Waals surface area contributed by atoms with E-state index < -0.39 is 10.0 Å². The normalized spacial score (nSPS) is 25.3. The Kier molecular flexibility index (Phi) is 6.52. The zero-order chi connectivity index (χ0) is 19.4. The predicted molar refractivity (Wildman–Crippen MR) is 103 cm³/mol. The molecule has 7 nitrogen and oxygen atoms in total. The lowest BCUT2D eigenvalue weighted by atomic mass is 9.94. The van der Waals surface area contributed by atoms with E-state index in [4.69, 9.17) is 4.74 Å². The molecule has 2 fully saturated rings. The van der Waals surface area contributed by atoms with Gasteiger partial charge in [0.05, 0.1) is 18.1 Å². The standard InChI is InChI=1S/C19H29N3O4S/c1-15-11-16(2)13-22(12-15)27(24,25)18-5-3-17(4-6-18)20-19(23)14-21-7-9-26-10-8-21/h3-6,15-16H,7-14H2,1-2H3,(H,20,23)/p+1/t15-,16-/m1/s1. The van der Waals surface area contributed by atoms with E-state index in [-0.39, 0.29) is 10.8 Å². The number of piperidine rings is 1. The van der Waals surface area contributed by atoms with Gasteiger partial charge in [-0.25, -0.2) is 8.42 Å². The molecule has 0 unspecified atom stereocenters.